The highest BCUT2D eigenvalue weighted by atomic mass is 79.9. The van der Waals surface area contributed by atoms with Crippen molar-refractivity contribution in [3.63, 3.8) is 0 Å². The van der Waals surface area contributed by atoms with Crippen LogP contribution in [0.1, 0.15) is 17.5 Å². The number of aryl methyl sites for hydroxylation is 2. The van der Waals surface area contributed by atoms with E-state index in [1.54, 1.807) is 4.90 Å². The van der Waals surface area contributed by atoms with E-state index in [0.717, 1.165) is 21.3 Å². The lowest BCUT2D eigenvalue weighted by molar-refractivity contribution is -0.117. The van der Waals surface area contributed by atoms with Gasteiger partial charge in [0.1, 0.15) is 0 Å². The molecule has 19 heavy (non-hydrogen) atoms. The van der Waals surface area contributed by atoms with E-state index in [9.17, 15) is 4.79 Å². The van der Waals surface area contributed by atoms with Gasteiger partial charge in [-0.25, -0.2) is 0 Å². The fourth-order valence-corrected chi connectivity index (χ4v) is 2.80. The second-order valence-electron chi connectivity index (χ2n) is 4.88. The number of halogens is 1. The van der Waals surface area contributed by atoms with Gasteiger partial charge in [0.15, 0.2) is 0 Å². The lowest BCUT2D eigenvalue weighted by atomic mass is 10.1. The smallest absolute Gasteiger partial charge is 0.227 e. The van der Waals surface area contributed by atoms with E-state index in [1.165, 1.54) is 0 Å². The molecule has 0 aromatic heterocycles. The summed E-state index contributed by atoms with van der Waals surface area (Å²) < 4.78 is 1.05. The zero-order chi connectivity index (χ0) is 14.0. The van der Waals surface area contributed by atoms with Gasteiger partial charge in [0, 0.05) is 34.6 Å². The number of amides is 1. The van der Waals surface area contributed by atoms with Gasteiger partial charge < -0.3 is 4.90 Å². The summed E-state index contributed by atoms with van der Waals surface area (Å²) in [6.07, 6.45) is 0.452. The Bertz CT molecular complexity index is 566. The number of benzene rings is 1. The van der Waals surface area contributed by atoms with Gasteiger partial charge in [-0.05, 0) is 48.6 Å². The molecule has 1 unspecified atom stereocenters. The number of anilines is 1. The number of carbonyl (C=O) groups is 1. The predicted molar refractivity (Wildman–Crippen MR) is 78.1 cm³/mol. The van der Waals surface area contributed by atoms with E-state index in [4.69, 9.17) is 5.53 Å². The minimum Gasteiger partial charge on any atom is -0.312 e. The fourth-order valence-electron chi connectivity index (χ4n) is 2.35. The SMILES string of the molecule is Cc1cc(N2CC(CN=[N+]=[N-])CC2=O)c(C)cc1Br. The van der Waals surface area contributed by atoms with Crippen LogP contribution in [0.25, 0.3) is 10.4 Å². The van der Waals surface area contributed by atoms with Crippen molar-refractivity contribution in [1.82, 2.24) is 0 Å². The quantitative estimate of drug-likeness (QED) is 0.475. The molecule has 0 spiro atoms. The molecule has 1 aliphatic heterocycles. The molecular weight excluding hydrogens is 308 g/mol. The van der Waals surface area contributed by atoms with Crippen LogP contribution >= 0.6 is 15.9 Å². The largest absolute Gasteiger partial charge is 0.312 e. The lowest BCUT2D eigenvalue weighted by Gasteiger charge is -2.20. The van der Waals surface area contributed by atoms with E-state index in [2.05, 4.69) is 26.0 Å². The van der Waals surface area contributed by atoms with Crippen LogP contribution in [0.4, 0.5) is 5.69 Å². The highest BCUT2D eigenvalue weighted by Gasteiger charge is 2.30. The molecule has 1 aromatic carbocycles. The van der Waals surface area contributed by atoms with Crippen LogP contribution in [-0.4, -0.2) is 19.0 Å². The highest BCUT2D eigenvalue weighted by Crippen LogP contribution is 2.31. The third kappa shape index (κ3) is 2.91. The topological polar surface area (TPSA) is 69.1 Å². The average Bonchev–Trinajstić information content (AvgIpc) is 2.72. The van der Waals surface area contributed by atoms with Crippen molar-refractivity contribution in [2.75, 3.05) is 18.0 Å². The molecule has 1 saturated heterocycles. The molecule has 0 N–H and O–H groups in total. The second kappa shape index (κ2) is 5.63. The van der Waals surface area contributed by atoms with Gasteiger partial charge in [0.05, 0.1) is 0 Å². The normalized spacial score (nSPS) is 18.6. The van der Waals surface area contributed by atoms with Crippen molar-refractivity contribution in [1.29, 1.82) is 0 Å². The standard InChI is InChI=1S/C13H15BrN4O/c1-8-4-12(9(2)3-11(8)14)18-7-10(5-13(18)19)6-16-17-15/h3-4,10H,5-7H2,1-2H3. The molecule has 1 heterocycles. The minimum absolute atomic E-state index is 0.1000. The maximum absolute atomic E-state index is 12.1. The Kier molecular flexibility index (Phi) is 4.12. The molecule has 1 atom stereocenters. The summed E-state index contributed by atoms with van der Waals surface area (Å²) in [4.78, 5) is 16.6. The third-order valence-corrected chi connectivity index (χ3v) is 4.23. The van der Waals surface area contributed by atoms with Gasteiger partial charge in [-0.2, -0.15) is 0 Å². The zero-order valence-corrected chi connectivity index (χ0v) is 12.5. The summed E-state index contributed by atoms with van der Waals surface area (Å²) in [7, 11) is 0. The number of rotatable bonds is 3. The Morgan fingerprint density at radius 3 is 2.89 bits per heavy atom. The summed E-state index contributed by atoms with van der Waals surface area (Å²) in [6, 6.07) is 4.05. The first kappa shape index (κ1) is 13.9. The van der Waals surface area contributed by atoms with E-state index in [0.29, 0.717) is 19.5 Å². The Hall–Kier alpha value is -1.52. The van der Waals surface area contributed by atoms with Gasteiger partial charge in [-0.15, -0.1) is 0 Å². The summed E-state index contributed by atoms with van der Waals surface area (Å²) in [6.45, 7) is 5.01. The molecule has 1 aromatic rings. The Morgan fingerprint density at radius 1 is 1.47 bits per heavy atom. The van der Waals surface area contributed by atoms with Crippen LogP contribution in [0.2, 0.25) is 0 Å². The Labute approximate surface area is 120 Å². The number of nitrogens with zero attached hydrogens (tertiary/aromatic N) is 4. The molecule has 0 radical (unpaired) electrons. The van der Waals surface area contributed by atoms with E-state index in [-0.39, 0.29) is 11.8 Å². The number of carbonyl (C=O) groups excluding carboxylic acids is 1. The fraction of sp³-hybridized carbons (Fsp3) is 0.462. The summed E-state index contributed by atoms with van der Waals surface area (Å²) in [5.41, 5.74) is 11.5. The van der Waals surface area contributed by atoms with Crippen LogP contribution in [0, 0.1) is 19.8 Å². The highest BCUT2D eigenvalue weighted by molar-refractivity contribution is 9.10. The van der Waals surface area contributed by atoms with Gasteiger partial charge in [0.2, 0.25) is 5.91 Å². The van der Waals surface area contributed by atoms with Gasteiger partial charge in [-0.1, -0.05) is 21.0 Å². The van der Waals surface area contributed by atoms with E-state index >= 15 is 0 Å². The van der Waals surface area contributed by atoms with Crippen molar-refractivity contribution < 1.29 is 4.79 Å². The zero-order valence-electron chi connectivity index (χ0n) is 10.9. The maximum Gasteiger partial charge on any atom is 0.227 e. The molecule has 5 nitrogen and oxygen atoms in total. The van der Waals surface area contributed by atoms with Crippen LogP contribution in [0.3, 0.4) is 0 Å². The van der Waals surface area contributed by atoms with Crippen molar-refractivity contribution in [3.8, 4) is 0 Å². The molecule has 1 fully saturated rings. The van der Waals surface area contributed by atoms with Gasteiger partial charge in [-0.3, -0.25) is 4.79 Å². The van der Waals surface area contributed by atoms with Crippen LogP contribution in [0.5, 0.6) is 0 Å². The second-order valence-corrected chi connectivity index (χ2v) is 5.73. The molecule has 6 heteroatoms. The molecule has 0 bridgehead atoms. The summed E-state index contributed by atoms with van der Waals surface area (Å²) in [5.74, 6) is 0.217. The van der Waals surface area contributed by atoms with Crippen molar-refractivity contribution in [2.45, 2.75) is 20.3 Å². The molecule has 0 aliphatic carbocycles. The maximum atomic E-state index is 12.1. The molecule has 0 saturated carbocycles. The van der Waals surface area contributed by atoms with Gasteiger partial charge in [0.25, 0.3) is 0 Å². The summed E-state index contributed by atoms with van der Waals surface area (Å²) >= 11 is 3.49. The first-order valence-corrected chi connectivity index (χ1v) is 6.90. The van der Waals surface area contributed by atoms with Crippen molar-refractivity contribution in [3.05, 3.63) is 38.2 Å². The Balaban J connectivity index is 2.25. The molecule has 2 rings (SSSR count). The lowest BCUT2D eigenvalue weighted by Crippen LogP contribution is -2.25. The molecule has 1 amide bonds. The van der Waals surface area contributed by atoms with Crippen molar-refractivity contribution in [2.24, 2.45) is 11.0 Å². The number of hydrogen-bond donors (Lipinski definition) is 0. The molecule has 100 valence electrons. The first-order chi connectivity index (χ1) is 9.02. The first-order valence-electron chi connectivity index (χ1n) is 6.11. The average molecular weight is 323 g/mol. The van der Waals surface area contributed by atoms with E-state index < -0.39 is 0 Å². The molecule has 1 aliphatic rings. The minimum atomic E-state index is 0.1000. The van der Waals surface area contributed by atoms with E-state index in [1.807, 2.05) is 26.0 Å². The Morgan fingerprint density at radius 2 is 2.21 bits per heavy atom. The number of hydrogen-bond acceptors (Lipinski definition) is 2. The third-order valence-electron chi connectivity index (χ3n) is 3.38. The van der Waals surface area contributed by atoms with Crippen LogP contribution < -0.4 is 4.90 Å². The van der Waals surface area contributed by atoms with Crippen LogP contribution in [0.15, 0.2) is 21.7 Å². The van der Waals surface area contributed by atoms with Crippen molar-refractivity contribution >= 4 is 27.5 Å². The van der Waals surface area contributed by atoms with Crippen LogP contribution in [-0.2, 0) is 4.79 Å². The molecular formula is C13H15BrN4O. The monoisotopic (exact) mass is 322 g/mol. The number of azide groups is 1. The summed E-state index contributed by atoms with van der Waals surface area (Å²) in [5, 5.41) is 3.56. The van der Waals surface area contributed by atoms with Gasteiger partial charge >= 0.3 is 0 Å². The predicted octanol–water partition coefficient (Wildman–Crippen LogP) is 3.73.